The second-order valence-electron chi connectivity index (χ2n) is 4.24. The highest BCUT2D eigenvalue weighted by Crippen LogP contribution is 2.28. The first-order valence-electron chi connectivity index (χ1n) is 5.78. The molecule has 1 heterocycles. The summed E-state index contributed by atoms with van der Waals surface area (Å²) in [6.07, 6.45) is 2.80. The molecule has 0 N–H and O–H groups in total. The molecule has 1 aromatic carbocycles. The Morgan fingerprint density at radius 1 is 1.41 bits per heavy atom. The summed E-state index contributed by atoms with van der Waals surface area (Å²) < 4.78 is 5.34. The number of ether oxygens (including phenoxy) is 1. The van der Waals surface area contributed by atoms with Crippen molar-refractivity contribution < 1.29 is 9.53 Å². The maximum atomic E-state index is 11.1. The monoisotopic (exact) mass is 253 g/mol. The van der Waals surface area contributed by atoms with Gasteiger partial charge < -0.3 is 9.64 Å². The number of nitrogens with zero attached hydrogens (tertiary/aromatic N) is 1. The van der Waals surface area contributed by atoms with Crippen molar-refractivity contribution in [3.8, 4) is 0 Å². The average Bonchev–Trinajstić information content (AvgIpc) is 2.38. The third-order valence-corrected chi connectivity index (χ3v) is 3.60. The second-order valence-corrected chi connectivity index (χ2v) is 4.65. The van der Waals surface area contributed by atoms with Crippen LogP contribution in [0.2, 0.25) is 5.02 Å². The van der Waals surface area contributed by atoms with E-state index in [1.807, 2.05) is 19.2 Å². The van der Waals surface area contributed by atoms with Crippen LogP contribution >= 0.6 is 11.6 Å². The Labute approximate surface area is 106 Å². The Balaban J connectivity index is 2.26. The number of anilines is 1. The van der Waals surface area contributed by atoms with E-state index in [9.17, 15) is 4.79 Å². The molecule has 1 fully saturated rings. The lowest BCUT2D eigenvalue weighted by atomic mass is 10.1. The van der Waals surface area contributed by atoms with E-state index in [4.69, 9.17) is 16.3 Å². The van der Waals surface area contributed by atoms with Crippen LogP contribution in [0.1, 0.15) is 23.2 Å². The lowest BCUT2D eigenvalue weighted by molar-refractivity contribution is 0.0854. The highest BCUT2D eigenvalue weighted by molar-refractivity contribution is 6.33. The topological polar surface area (TPSA) is 29.5 Å². The van der Waals surface area contributed by atoms with Crippen LogP contribution in [0.3, 0.4) is 0 Å². The maximum Gasteiger partial charge on any atom is 0.153 e. The molecule has 0 radical (unpaired) electrons. The largest absolute Gasteiger partial charge is 0.381 e. The number of halogens is 1. The molecule has 1 saturated heterocycles. The molecule has 0 saturated carbocycles. The molecule has 1 aromatic rings. The standard InChI is InChI=1S/C13H16ClNO2/c1-15(10-5-7-17-8-6-10)13-4-2-3-12(14)11(13)9-16/h2-4,9-10H,5-8H2,1H3. The van der Waals surface area contributed by atoms with Gasteiger partial charge in [0.1, 0.15) is 0 Å². The fraction of sp³-hybridized carbons (Fsp3) is 0.462. The normalized spacial score (nSPS) is 16.8. The number of benzene rings is 1. The quantitative estimate of drug-likeness (QED) is 0.776. The van der Waals surface area contributed by atoms with Gasteiger partial charge in [0.25, 0.3) is 0 Å². The maximum absolute atomic E-state index is 11.1. The highest BCUT2D eigenvalue weighted by Gasteiger charge is 2.21. The van der Waals surface area contributed by atoms with Gasteiger partial charge in [0.2, 0.25) is 0 Å². The Bertz CT molecular complexity index is 402. The van der Waals surface area contributed by atoms with Crippen LogP contribution in [0, 0.1) is 0 Å². The van der Waals surface area contributed by atoms with Gasteiger partial charge in [-0.15, -0.1) is 0 Å². The molecular weight excluding hydrogens is 238 g/mol. The van der Waals surface area contributed by atoms with E-state index in [0.717, 1.165) is 38.0 Å². The first-order valence-corrected chi connectivity index (χ1v) is 6.16. The zero-order valence-corrected chi connectivity index (χ0v) is 10.6. The lowest BCUT2D eigenvalue weighted by Crippen LogP contribution is -2.37. The van der Waals surface area contributed by atoms with Crippen molar-refractivity contribution in [1.82, 2.24) is 0 Å². The Kier molecular flexibility index (Phi) is 4.02. The number of carbonyl (C=O) groups is 1. The van der Waals surface area contributed by atoms with E-state index in [1.54, 1.807) is 6.07 Å². The molecule has 0 atom stereocenters. The van der Waals surface area contributed by atoms with Gasteiger partial charge in [-0.2, -0.15) is 0 Å². The van der Waals surface area contributed by atoms with E-state index >= 15 is 0 Å². The fourth-order valence-corrected chi connectivity index (χ4v) is 2.43. The van der Waals surface area contributed by atoms with E-state index in [2.05, 4.69) is 4.90 Å². The summed E-state index contributed by atoms with van der Waals surface area (Å²) in [6, 6.07) is 5.97. The third-order valence-electron chi connectivity index (χ3n) is 3.27. The number of carbonyl (C=O) groups excluding carboxylic acids is 1. The van der Waals surface area contributed by atoms with Crippen LogP contribution in [0.5, 0.6) is 0 Å². The van der Waals surface area contributed by atoms with Crippen LogP contribution < -0.4 is 4.90 Å². The first-order chi connectivity index (χ1) is 8.24. The average molecular weight is 254 g/mol. The molecule has 2 rings (SSSR count). The zero-order valence-electron chi connectivity index (χ0n) is 9.86. The minimum Gasteiger partial charge on any atom is -0.381 e. The minimum atomic E-state index is 0.418. The summed E-state index contributed by atoms with van der Waals surface area (Å²) in [7, 11) is 2.01. The van der Waals surface area contributed by atoms with E-state index in [1.165, 1.54) is 0 Å². The summed E-state index contributed by atoms with van der Waals surface area (Å²) in [4.78, 5) is 13.2. The molecule has 17 heavy (non-hydrogen) atoms. The van der Waals surface area contributed by atoms with Crippen molar-refractivity contribution in [2.75, 3.05) is 25.2 Å². The van der Waals surface area contributed by atoms with Gasteiger partial charge in [0.05, 0.1) is 10.6 Å². The SMILES string of the molecule is CN(c1cccc(Cl)c1C=O)C1CCOCC1. The van der Waals surface area contributed by atoms with Crippen molar-refractivity contribution in [3.05, 3.63) is 28.8 Å². The fourth-order valence-electron chi connectivity index (χ4n) is 2.22. The van der Waals surface area contributed by atoms with Crippen molar-refractivity contribution in [1.29, 1.82) is 0 Å². The molecule has 0 spiro atoms. The van der Waals surface area contributed by atoms with Gasteiger partial charge in [0.15, 0.2) is 6.29 Å². The van der Waals surface area contributed by atoms with Gasteiger partial charge in [-0.1, -0.05) is 17.7 Å². The summed E-state index contributed by atoms with van der Waals surface area (Å²) in [5.74, 6) is 0. The Hall–Kier alpha value is -1.06. The van der Waals surface area contributed by atoms with E-state index < -0.39 is 0 Å². The molecular formula is C13H16ClNO2. The highest BCUT2D eigenvalue weighted by atomic mass is 35.5. The summed E-state index contributed by atoms with van der Waals surface area (Å²) in [5.41, 5.74) is 1.47. The molecule has 0 unspecified atom stereocenters. The summed E-state index contributed by atoms with van der Waals surface area (Å²) in [6.45, 7) is 1.57. The van der Waals surface area contributed by atoms with Gasteiger partial charge in [0, 0.05) is 32.0 Å². The Morgan fingerprint density at radius 3 is 2.76 bits per heavy atom. The van der Waals surface area contributed by atoms with Crippen LogP contribution in [0.4, 0.5) is 5.69 Å². The predicted octanol–water partition coefficient (Wildman–Crippen LogP) is 2.77. The van der Waals surface area contributed by atoms with Crippen LogP contribution in [0.15, 0.2) is 18.2 Å². The van der Waals surface area contributed by atoms with Gasteiger partial charge in [-0.05, 0) is 25.0 Å². The third kappa shape index (κ3) is 2.61. The van der Waals surface area contributed by atoms with Gasteiger partial charge >= 0.3 is 0 Å². The van der Waals surface area contributed by atoms with E-state index in [0.29, 0.717) is 16.6 Å². The Morgan fingerprint density at radius 2 is 2.12 bits per heavy atom. The molecule has 0 aliphatic carbocycles. The summed E-state index contributed by atoms with van der Waals surface area (Å²) in [5, 5.41) is 0.511. The minimum absolute atomic E-state index is 0.418. The van der Waals surface area contributed by atoms with Crippen molar-refractivity contribution in [2.24, 2.45) is 0 Å². The first kappa shape index (κ1) is 12.4. The molecule has 0 amide bonds. The van der Waals surface area contributed by atoms with Crippen molar-refractivity contribution in [2.45, 2.75) is 18.9 Å². The zero-order chi connectivity index (χ0) is 12.3. The molecule has 4 heteroatoms. The number of aldehydes is 1. The predicted molar refractivity (Wildman–Crippen MR) is 69.1 cm³/mol. The molecule has 1 aliphatic heterocycles. The molecule has 0 aromatic heterocycles. The molecule has 0 bridgehead atoms. The number of rotatable bonds is 3. The van der Waals surface area contributed by atoms with Crippen LogP contribution in [-0.2, 0) is 4.74 Å². The molecule has 3 nitrogen and oxygen atoms in total. The second kappa shape index (κ2) is 5.52. The van der Waals surface area contributed by atoms with Crippen molar-refractivity contribution in [3.63, 3.8) is 0 Å². The molecule has 92 valence electrons. The lowest BCUT2D eigenvalue weighted by Gasteiger charge is -2.33. The number of hydrogen-bond donors (Lipinski definition) is 0. The smallest absolute Gasteiger partial charge is 0.153 e. The van der Waals surface area contributed by atoms with E-state index in [-0.39, 0.29) is 0 Å². The van der Waals surface area contributed by atoms with Crippen LogP contribution in [-0.4, -0.2) is 32.6 Å². The van der Waals surface area contributed by atoms with Crippen molar-refractivity contribution >= 4 is 23.6 Å². The van der Waals surface area contributed by atoms with Gasteiger partial charge in [-0.3, -0.25) is 4.79 Å². The van der Waals surface area contributed by atoms with Gasteiger partial charge in [-0.25, -0.2) is 0 Å². The van der Waals surface area contributed by atoms with Crippen LogP contribution in [0.25, 0.3) is 0 Å². The summed E-state index contributed by atoms with van der Waals surface area (Å²) >= 11 is 6.03. The number of hydrogen-bond acceptors (Lipinski definition) is 3. The molecule has 1 aliphatic rings.